The molecule has 0 heterocycles. The van der Waals surface area contributed by atoms with Gasteiger partial charge >= 0.3 is 0 Å². The predicted octanol–water partition coefficient (Wildman–Crippen LogP) is 4.03. The lowest BCUT2D eigenvalue weighted by Crippen LogP contribution is -2.26. The van der Waals surface area contributed by atoms with Crippen LogP contribution in [0.25, 0.3) is 0 Å². The van der Waals surface area contributed by atoms with Crippen LogP contribution >= 0.6 is 0 Å². The Morgan fingerprint density at radius 3 is 2.64 bits per heavy atom. The Morgan fingerprint density at radius 1 is 1.14 bits per heavy atom. The van der Waals surface area contributed by atoms with E-state index in [9.17, 15) is 4.79 Å². The molecule has 3 nitrogen and oxygen atoms in total. The summed E-state index contributed by atoms with van der Waals surface area (Å²) in [7, 11) is 0. The second kappa shape index (κ2) is 8.23. The van der Waals surface area contributed by atoms with E-state index in [1.807, 2.05) is 68.4 Å². The number of ether oxygens (including phenoxy) is 1. The SMILES string of the molecule is Cc1cccc(OCCCC(=O)N[C@H](C)c2ccccc2)c1. The maximum absolute atomic E-state index is 11.9. The van der Waals surface area contributed by atoms with Crippen molar-refractivity contribution in [2.45, 2.75) is 32.7 Å². The number of hydrogen-bond acceptors (Lipinski definition) is 2. The summed E-state index contributed by atoms with van der Waals surface area (Å²) in [6, 6.07) is 17.9. The summed E-state index contributed by atoms with van der Waals surface area (Å²) in [5, 5.41) is 3.01. The van der Waals surface area contributed by atoms with Crippen molar-refractivity contribution in [3.8, 4) is 5.75 Å². The first kappa shape index (κ1) is 16.1. The normalized spacial score (nSPS) is 11.7. The molecule has 1 amide bonds. The number of benzene rings is 2. The zero-order valence-corrected chi connectivity index (χ0v) is 13.2. The van der Waals surface area contributed by atoms with Gasteiger partial charge in [-0.3, -0.25) is 4.79 Å². The van der Waals surface area contributed by atoms with Gasteiger partial charge in [-0.1, -0.05) is 42.5 Å². The number of amides is 1. The van der Waals surface area contributed by atoms with Crippen molar-refractivity contribution in [3.63, 3.8) is 0 Å². The molecular weight excluding hydrogens is 274 g/mol. The molecule has 0 aliphatic rings. The van der Waals surface area contributed by atoms with Gasteiger partial charge < -0.3 is 10.1 Å². The molecule has 2 rings (SSSR count). The molecule has 0 radical (unpaired) electrons. The molecule has 0 unspecified atom stereocenters. The van der Waals surface area contributed by atoms with Crippen LogP contribution in [0.2, 0.25) is 0 Å². The van der Waals surface area contributed by atoms with Gasteiger partial charge in [0.05, 0.1) is 12.6 Å². The lowest BCUT2D eigenvalue weighted by molar-refractivity contribution is -0.121. The molecule has 1 N–H and O–H groups in total. The molecular formula is C19H23NO2. The van der Waals surface area contributed by atoms with E-state index in [0.717, 1.165) is 11.3 Å². The van der Waals surface area contributed by atoms with Crippen molar-refractivity contribution in [3.05, 3.63) is 65.7 Å². The van der Waals surface area contributed by atoms with Crippen molar-refractivity contribution < 1.29 is 9.53 Å². The fourth-order valence-corrected chi connectivity index (χ4v) is 2.27. The van der Waals surface area contributed by atoms with Gasteiger partial charge in [0, 0.05) is 6.42 Å². The Hall–Kier alpha value is -2.29. The number of carbonyl (C=O) groups excluding carboxylic acids is 1. The van der Waals surface area contributed by atoms with E-state index in [4.69, 9.17) is 4.74 Å². The highest BCUT2D eigenvalue weighted by atomic mass is 16.5. The molecule has 116 valence electrons. The van der Waals surface area contributed by atoms with Crippen LogP contribution in [0.1, 0.15) is 36.9 Å². The van der Waals surface area contributed by atoms with Crippen LogP contribution in [0.5, 0.6) is 5.75 Å². The summed E-state index contributed by atoms with van der Waals surface area (Å²) < 4.78 is 5.65. The molecule has 2 aromatic rings. The van der Waals surface area contributed by atoms with E-state index in [1.165, 1.54) is 5.56 Å². The van der Waals surface area contributed by atoms with Gasteiger partial charge in [-0.05, 0) is 43.5 Å². The molecule has 1 atom stereocenters. The summed E-state index contributed by atoms with van der Waals surface area (Å²) in [6.07, 6.45) is 1.18. The third-order valence-electron chi connectivity index (χ3n) is 3.48. The van der Waals surface area contributed by atoms with Crippen LogP contribution < -0.4 is 10.1 Å². The average molecular weight is 297 g/mol. The van der Waals surface area contributed by atoms with Crippen molar-refractivity contribution in [1.82, 2.24) is 5.32 Å². The van der Waals surface area contributed by atoms with Crippen LogP contribution in [-0.2, 0) is 4.79 Å². The third-order valence-corrected chi connectivity index (χ3v) is 3.48. The lowest BCUT2D eigenvalue weighted by Gasteiger charge is -2.14. The second-order valence-corrected chi connectivity index (χ2v) is 5.47. The van der Waals surface area contributed by atoms with E-state index in [0.29, 0.717) is 19.4 Å². The maximum Gasteiger partial charge on any atom is 0.220 e. The zero-order chi connectivity index (χ0) is 15.8. The third kappa shape index (κ3) is 5.24. The van der Waals surface area contributed by atoms with Crippen LogP contribution in [0.15, 0.2) is 54.6 Å². The molecule has 0 bridgehead atoms. The van der Waals surface area contributed by atoms with Crippen molar-refractivity contribution in [1.29, 1.82) is 0 Å². The molecule has 22 heavy (non-hydrogen) atoms. The van der Waals surface area contributed by atoms with E-state index < -0.39 is 0 Å². The second-order valence-electron chi connectivity index (χ2n) is 5.47. The van der Waals surface area contributed by atoms with E-state index in [2.05, 4.69) is 5.32 Å². The predicted molar refractivity (Wildman–Crippen MR) is 88.9 cm³/mol. The molecule has 0 aromatic heterocycles. The van der Waals surface area contributed by atoms with Gasteiger partial charge in [-0.25, -0.2) is 0 Å². The van der Waals surface area contributed by atoms with Gasteiger partial charge in [0.1, 0.15) is 5.75 Å². The summed E-state index contributed by atoms with van der Waals surface area (Å²) in [4.78, 5) is 11.9. The zero-order valence-electron chi connectivity index (χ0n) is 13.2. The number of carbonyl (C=O) groups is 1. The highest BCUT2D eigenvalue weighted by Crippen LogP contribution is 2.13. The van der Waals surface area contributed by atoms with Crippen molar-refractivity contribution in [2.75, 3.05) is 6.61 Å². The summed E-state index contributed by atoms with van der Waals surface area (Å²) in [5.41, 5.74) is 2.29. The number of hydrogen-bond donors (Lipinski definition) is 1. The minimum Gasteiger partial charge on any atom is -0.494 e. The average Bonchev–Trinajstić information content (AvgIpc) is 2.52. The standard InChI is InChI=1S/C19H23NO2/c1-15-8-6-11-18(14-15)22-13-7-12-19(21)20-16(2)17-9-4-3-5-10-17/h3-6,8-11,14,16H,7,12-13H2,1-2H3,(H,20,21)/t16-/m1/s1. The Kier molecular flexibility index (Phi) is 6.01. The minimum absolute atomic E-state index is 0.0337. The van der Waals surface area contributed by atoms with Crippen LogP contribution in [-0.4, -0.2) is 12.5 Å². The Morgan fingerprint density at radius 2 is 1.91 bits per heavy atom. The van der Waals surface area contributed by atoms with Gasteiger partial charge in [0.25, 0.3) is 0 Å². The number of aryl methyl sites for hydroxylation is 1. The van der Waals surface area contributed by atoms with E-state index in [1.54, 1.807) is 0 Å². The van der Waals surface area contributed by atoms with Gasteiger partial charge in [-0.15, -0.1) is 0 Å². The van der Waals surface area contributed by atoms with E-state index in [-0.39, 0.29) is 11.9 Å². The Bertz CT molecular complexity index is 595. The first-order valence-electron chi connectivity index (χ1n) is 7.69. The number of rotatable bonds is 7. The largest absolute Gasteiger partial charge is 0.494 e. The van der Waals surface area contributed by atoms with Crippen LogP contribution in [0, 0.1) is 6.92 Å². The first-order valence-corrected chi connectivity index (χ1v) is 7.69. The van der Waals surface area contributed by atoms with Gasteiger partial charge in [0.15, 0.2) is 0 Å². The van der Waals surface area contributed by atoms with Gasteiger partial charge in [-0.2, -0.15) is 0 Å². The quantitative estimate of drug-likeness (QED) is 0.784. The highest BCUT2D eigenvalue weighted by molar-refractivity contribution is 5.76. The molecule has 3 heteroatoms. The Labute approximate surface area is 132 Å². The highest BCUT2D eigenvalue weighted by Gasteiger charge is 2.08. The van der Waals surface area contributed by atoms with Crippen molar-refractivity contribution in [2.24, 2.45) is 0 Å². The number of nitrogens with one attached hydrogen (secondary N) is 1. The molecule has 0 fully saturated rings. The fraction of sp³-hybridized carbons (Fsp3) is 0.316. The topological polar surface area (TPSA) is 38.3 Å². The summed E-state index contributed by atoms with van der Waals surface area (Å²) in [6.45, 7) is 4.58. The molecule has 0 aliphatic carbocycles. The fourth-order valence-electron chi connectivity index (χ4n) is 2.27. The summed E-state index contributed by atoms with van der Waals surface area (Å²) in [5.74, 6) is 0.919. The van der Waals surface area contributed by atoms with E-state index >= 15 is 0 Å². The van der Waals surface area contributed by atoms with Gasteiger partial charge in [0.2, 0.25) is 5.91 Å². The minimum atomic E-state index is 0.0337. The Balaban J connectivity index is 1.68. The van der Waals surface area contributed by atoms with Crippen LogP contribution in [0.4, 0.5) is 0 Å². The molecule has 0 spiro atoms. The molecule has 0 aliphatic heterocycles. The molecule has 2 aromatic carbocycles. The lowest BCUT2D eigenvalue weighted by atomic mass is 10.1. The van der Waals surface area contributed by atoms with Crippen LogP contribution in [0.3, 0.4) is 0 Å². The summed E-state index contributed by atoms with van der Waals surface area (Å²) >= 11 is 0. The molecule has 0 saturated heterocycles. The smallest absolute Gasteiger partial charge is 0.220 e. The first-order chi connectivity index (χ1) is 10.6. The van der Waals surface area contributed by atoms with Crippen molar-refractivity contribution >= 4 is 5.91 Å². The monoisotopic (exact) mass is 297 g/mol. The maximum atomic E-state index is 11.9. The molecule has 0 saturated carbocycles.